The predicted molar refractivity (Wildman–Crippen MR) is 135 cm³/mol. The van der Waals surface area contributed by atoms with E-state index >= 15 is 0 Å². The van der Waals surface area contributed by atoms with Crippen LogP contribution < -0.4 is 10.1 Å². The first kappa shape index (κ1) is 25.5. The Balaban J connectivity index is 1.61. The Morgan fingerprint density at radius 2 is 1.92 bits per heavy atom. The first-order chi connectivity index (χ1) is 17.0. The van der Waals surface area contributed by atoms with Crippen molar-refractivity contribution in [3.05, 3.63) is 88.6 Å². The SMILES string of the molecule is CC(C)NC(=O)c1ccc(COc2ccc3c(c2)[C@H](c2cccc(F)c2)N(C(=O)C(C)(C)C)CC3)o1. The molecule has 1 aliphatic heterocycles. The molecule has 2 heterocycles. The minimum Gasteiger partial charge on any atom is -0.486 e. The van der Waals surface area contributed by atoms with Gasteiger partial charge >= 0.3 is 0 Å². The van der Waals surface area contributed by atoms with Crippen molar-refractivity contribution in [2.75, 3.05) is 6.54 Å². The van der Waals surface area contributed by atoms with Crippen LogP contribution in [0.2, 0.25) is 0 Å². The van der Waals surface area contributed by atoms with Crippen LogP contribution in [-0.4, -0.2) is 29.3 Å². The lowest BCUT2D eigenvalue weighted by molar-refractivity contribution is -0.141. The summed E-state index contributed by atoms with van der Waals surface area (Å²) in [6.07, 6.45) is 0.704. The molecule has 0 bridgehead atoms. The molecule has 0 saturated carbocycles. The van der Waals surface area contributed by atoms with Gasteiger partial charge in [0.15, 0.2) is 5.76 Å². The standard InChI is InChI=1S/C29H33FN2O4/c1-18(2)31-27(33)25-12-11-23(36-25)17-35-22-10-9-19-13-14-32(28(34)29(3,4)5)26(24(19)16-22)20-7-6-8-21(30)15-20/h6-12,15-16,18,26H,13-14,17H2,1-5H3,(H,31,33)/t26-/m0/s1. The number of hydrogen-bond donors (Lipinski definition) is 1. The summed E-state index contributed by atoms with van der Waals surface area (Å²) in [6, 6.07) is 15.1. The van der Waals surface area contributed by atoms with Crippen LogP contribution in [-0.2, 0) is 17.8 Å². The Hall–Kier alpha value is -3.61. The van der Waals surface area contributed by atoms with Crippen LogP contribution in [0.3, 0.4) is 0 Å². The van der Waals surface area contributed by atoms with Gasteiger partial charge in [-0.1, -0.05) is 39.0 Å². The fourth-order valence-electron chi connectivity index (χ4n) is 4.43. The third-order valence-electron chi connectivity index (χ3n) is 6.10. The minimum absolute atomic E-state index is 0.00793. The number of amides is 2. The second-order valence-corrected chi connectivity index (χ2v) is 10.5. The van der Waals surface area contributed by atoms with E-state index in [0.29, 0.717) is 24.5 Å². The van der Waals surface area contributed by atoms with Gasteiger partial charge in [0.05, 0.1) is 6.04 Å². The summed E-state index contributed by atoms with van der Waals surface area (Å²) in [4.78, 5) is 27.4. The zero-order valence-corrected chi connectivity index (χ0v) is 21.4. The number of nitrogens with one attached hydrogen (secondary N) is 1. The van der Waals surface area contributed by atoms with Gasteiger partial charge in [-0.2, -0.15) is 0 Å². The third kappa shape index (κ3) is 5.61. The summed E-state index contributed by atoms with van der Waals surface area (Å²) in [5.74, 6) is 0.751. The molecule has 0 saturated heterocycles. The van der Waals surface area contributed by atoms with Gasteiger partial charge in [-0.25, -0.2) is 4.39 Å². The molecule has 1 aliphatic rings. The molecule has 1 N–H and O–H groups in total. The topological polar surface area (TPSA) is 71.8 Å². The summed E-state index contributed by atoms with van der Waals surface area (Å²) in [6.45, 7) is 10.1. The quantitative estimate of drug-likeness (QED) is 0.482. The smallest absolute Gasteiger partial charge is 0.287 e. The molecule has 2 aromatic carbocycles. The van der Waals surface area contributed by atoms with E-state index < -0.39 is 11.5 Å². The molecule has 190 valence electrons. The van der Waals surface area contributed by atoms with Crippen LogP contribution in [0.5, 0.6) is 5.75 Å². The van der Waals surface area contributed by atoms with Gasteiger partial charge in [0.1, 0.15) is 23.9 Å². The summed E-state index contributed by atoms with van der Waals surface area (Å²) < 4.78 is 25.8. The summed E-state index contributed by atoms with van der Waals surface area (Å²) in [7, 11) is 0. The van der Waals surface area contributed by atoms with Crippen molar-refractivity contribution in [3.63, 3.8) is 0 Å². The Labute approximate surface area is 211 Å². The van der Waals surface area contributed by atoms with Crippen LogP contribution >= 0.6 is 0 Å². The predicted octanol–water partition coefficient (Wildman–Crippen LogP) is 5.66. The van der Waals surface area contributed by atoms with Crippen molar-refractivity contribution in [3.8, 4) is 5.75 Å². The Kier molecular flexibility index (Phi) is 7.20. The monoisotopic (exact) mass is 492 g/mol. The van der Waals surface area contributed by atoms with Crippen molar-refractivity contribution in [1.29, 1.82) is 0 Å². The average molecular weight is 493 g/mol. The van der Waals surface area contributed by atoms with E-state index in [2.05, 4.69) is 5.32 Å². The maximum absolute atomic E-state index is 14.2. The second-order valence-electron chi connectivity index (χ2n) is 10.5. The zero-order valence-electron chi connectivity index (χ0n) is 21.4. The maximum atomic E-state index is 14.2. The lowest BCUT2D eigenvalue weighted by atomic mass is 9.85. The number of rotatable bonds is 6. The van der Waals surface area contributed by atoms with E-state index in [0.717, 1.165) is 16.7 Å². The number of ether oxygens (including phenoxy) is 1. The van der Waals surface area contributed by atoms with E-state index in [1.165, 1.54) is 12.1 Å². The van der Waals surface area contributed by atoms with Crippen molar-refractivity contribution < 1.29 is 23.1 Å². The molecule has 0 radical (unpaired) electrons. The number of benzene rings is 2. The molecule has 6 nitrogen and oxygen atoms in total. The lowest BCUT2D eigenvalue weighted by Crippen LogP contribution is -2.45. The molecular weight excluding hydrogens is 459 g/mol. The van der Waals surface area contributed by atoms with Crippen LogP contribution in [0.4, 0.5) is 4.39 Å². The molecule has 0 aliphatic carbocycles. The number of carbonyl (C=O) groups is 2. The first-order valence-corrected chi connectivity index (χ1v) is 12.2. The largest absolute Gasteiger partial charge is 0.486 e. The molecule has 2 amide bonds. The van der Waals surface area contributed by atoms with Gasteiger partial charge < -0.3 is 19.4 Å². The van der Waals surface area contributed by atoms with E-state index in [9.17, 15) is 14.0 Å². The maximum Gasteiger partial charge on any atom is 0.287 e. The third-order valence-corrected chi connectivity index (χ3v) is 6.10. The number of furan rings is 1. The van der Waals surface area contributed by atoms with Gasteiger partial charge in [0.25, 0.3) is 5.91 Å². The molecule has 7 heteroatoms. The lowest BCUT2D eigenvalue weighted by Gasteiger charge is -2.41. The van der Waals surface area contributed by atoms with Crippen LogP contribution in [0.25, 0.3) is 0 Å². The molecule has 0 fully saturated rings. The fourth-order valence-corrected chi connectivity index (χ4v) is 4.43. The van der Waals surface area contributed by atoms with Crippen molar-refractivity contribution in [1.82, 2.24) is 10.2 Å². The number of hydrogen-bond acceptors (Lipinski definition) is 4. The molecule has 4 rings (SSSR count). The van der Waals surface area contributed by atoms with Gasteiger partial charge in [-0.15, -0.1) is 0 Å². The number of halogens is 1. The molecule has 0 spiro atoms. The van der Waals surface area contributed by atoms with E-state index in [-0.39, 0.29) is 36.0 Å². The number of fused-ring (bicyclic) bond motifs is 1. The van der Waals surface area contributed by atoms with E-state index in [1.54, 1.807) is 18.2 Å². The molecular formula is C29H33FN2O4. The second kappa shape index (κ2) is 10.2. The van der Waals surface area contributed by atoms with Crippen molar-refractivity contribution in [2.45, 2.75) is 59.7 Å². The summed E-state index contributed by atoms with van der Waals surface area (Å²) >= 11 is 0. The highest BCUT2D eigenvalue weighted by Gasteiger charge is 2.37. The minimum atomic E-state index is -0.573. The molecule has 1 aromatic heterocycles. The van der Waals surface area contributed by atoms with E-state index in [1.807, 2.05) is 63.8 Å². The average Bonchev–Trinajstić information content (AvgIpc) is 3.29. The van der Waals surface area contributed by atoms with Crippen LogP contribution in [0.15, 0.2) is 59.0 Å². The van der Waals surface area contributed by atoms with Gasteiger partial charge in [0, 0.05) is 18.0 Å². The molecule has 1 atom stereocenters. The summed E-state index contributed by atoms with van der Waals surface area (Å²) in [5.41, 5.74) is 2.16. The Morgan fingerprint density at radius 3 is 2.61 bits per heavy atom. The van der Waals surface area contributed by atoms with Crippen LogP contribution in [0, 0.1) is 11.2 Å². The molecule has 3 aromatic rings. The highest BCUT2D eigenvalue weighted by Crippen LogP contribution is 2.39. The van der Waals surface area contributed by atoms with Crippen LogP contribution in [0.1, 0.15) is 73.7 Å². The molecule has 36 heavy (non-hydrogen) atoms. The fraction of sp³-hybridized carbons (Fsp3) is 0.379. The highest BCUT2D eigenvalue weighted by molar-refractivity contribution is 5.91. The van der Waals surface area contributed by atoms with Crippen molar-refractivity contribution >= 4 is 11.8 Å². The Morgan fingerprint density at radius 1 is 1.14 bits per heavy atom. The van der Waals surface area contributed by atoms with Crippen molar-refractivity contribution in [2.24, 2.45) is 5.41 Å². The normalized spacial score (nSPS) is 15.5. The first-order valence-electron chi connectivity index (χ1n) is 12.2. The molecule has 0 unspecified atom stereocenters. The van der Waals surface area contributed by atoms with Gasteiger partial charge in [0.2, 0.25) is 5.91 Å². The number of carbonyl (C=O) groups excluding carboxylic acids is 2. The highest BCUT2D eigenvalue weighted by atomic mass is 19.1. The van der Waals surface area contributed by atoms with Gasteiger partial charge in [-0.05, 0) is 73.4 Å². The van der Waals surface area contributed by atoms with Gasteiger partial charge in [-0.3, -0.25) is 9.59 Å². The Bertz CT molecular complexity index is 1260. The van der Waals surface area contributed by atoms with E-state index in [4.69, 9.17) is 9.15 Å². The number of nitrogens with zero attached hydrogens (tertiary/aromatic N) is 1. The zero-order chi connectivity index (χ0) is 26.0. The summed E-state index contributed by atoms with van der Waals surface area (Å²) in [5, 5.41) is 2.80.